The van der Waals surface area contributed by atoms with E-state index < -0.39 is 153 Å². The number of fused-ring (bicyclic) bond motifs is 7. The van der Waals surface area contributed by atoms with E-state index in [1.807, 2.05) is 20.8 Å². The molecule has 0 bridgehead atoms. The molecule has 0 aromatic heterocycles. The number of carboxylic acid groups (broad SMARTS) is 1. The molecule has 6 N–H and O–H groups in total. The van der Waals surface area contributed by atoms with Crippen molar-refractivity contribution in [3.05, 3.63) is 11.6 Å². The molecule has 0 amide bonds. The van der Waals surface area contributed by atoms with Gasteiger partial charge < -0.3 is 14.6 Å². The van der Waals surface area contributed by atoms with Crippen molar-refractivity contribution in [2.24, 2.45) is 50.2 Å². The lowest BCUT2D eigenvalue weighted by Gasteiger charge is -2.70. The lowest BCUT2D eigenvalue weighted by molar-refractivity contribution is -0.227. The second kappa shape index (κ2) is 18.5. The second-order valence-electron chi connectivity index (χ2n) is 22.2. The summed E-state index contributed by atoms with van der Waals surface area (Å²) in [5.74, 6) is -1.90. The number of carboxylic acids is 1. The molecule has 5 aliphatic carbocycles. The summed E-state index contributed by atoms with van der Waals surface area (Å²) in [6.07, 6.45) is -7.79. The summed E-state index contributed by atoms with van der Waals surface area (Å²) in [7, 11) is -28.6. The molecule has 0 radical (unpaired) electrons. The fourth-order valence-corrected chi connectivity index (χ4v) is 16.5. The molecule has 6 rings (SSSR count). The minimum atomic E-state index is -5.82. The smallest absolute Gasteiger partial charge is 0.398 e. The van der Waals surface area contributed by atoms with Crippen LogP contribution >= 0.6 is 0 Å². The highest BCUT2D eigenvalue weighted by Crippen LogP contribution is 2.75. The van der Waals surface area contributed by atoms with Gasteiger partial charge in [0, 0.05) is 12.3 Å². The molecule has 1 heterocycles. The van der Waals surface area contributed by atoms with Crippen LogP contribution in [0.4, 0.5) is 0 Å². The van der Waals surface area contributed by atoms with Gasteiger partial charge in [-0.25, -0.2) is 20.9 Å². The Kier molecular flexibility index (Phi) is 15.1. The molecule has 4 saturated carbocycles. The minimum Gasteiger partial charge on any atom is -0.481 e. The van der Waals surface area contributed by atoms with Crippen LogP contribution in [0.15, 0.2) is 11.6 Å². The number of rotatable bonds is 17. The van der Waals surface area contributed by atoms with Gasteiger partial charge in [0.2, 0.25) is 0 Å². The Balaban J connectivity index is 1.36. The number of hydrogen-bond acceptors (Lipinski definition) is 19. The predicted molar refractivity (Wildman–Crippen MR) is 238 cm³/mol. The van der Waals surface area contributed by atoms with Crippen LogP contribution in [0.2, 0.25) is 0 Å². The van der Waals surface area contributed by atoms with Crippen molar-refractivity contribution >= 4 is 63.7 Å². The van der Waals surface area contributed by atoms with Crippen LogP contribution < -0.4 is 0 Å². The number of aliphatic carboxylic acids is 1. The Hall–Kier alpha value is -1.85. The van der Waals surface area contributed by atoms with E-state index in [0.29, 0.717) is 38.5 Å². The lowest BCUT2D eigenvalue weighted by Crippen LogP contribution is -2.67. The molecule has 5 fully saturated rings. The van der Waals surface area contributed by atoms with Crippen LogP contribution in [0.5, 0.6) is 0 Å². The van der Waals surface area contributed by atoms with Crippen molar-refractivity contribution in [1.82, 2.24) is 0 Å². The van der Waals surface area contributed by atoms with Crippen LogP contribution in [0, 0.1) is 50.2 Å². The van der Waals surface area contributed by atoms with Gasteiger partial charge in [0.1, 0.15) is 30.5 Å². The molecule has 25 nitrogen and oxygen atoms in total. The molecule has 70 heavy (non-hydrogen) atoms. The number of hydrogen-bond donors (Lipinski definition) is 6. The Morgan fingerprint density at radius 1 is 0.714 bits per heavy atom. The van der Waals surface area contributed by atoms with E-state index in [1.54, 1.807) is 13.0 Å². The fourth-order valence-electron chi connectivity index (χ4n) is 14.0. The van der Waals surface area contributed by atoms with E-state index in [0.717, 1.165) is 25.3 Å². The van der Waals surface area contributed by atoms with Gasteiger partial charge in [-0.2, -0.15) is 42.1 Å². The third-order valence-corrected chi connectivity index (χ3v) is 19.8. The highest BCUT2D eigenvalue weighted by molar-refractivity contribution is 7.82. The van der Waals surface area contributed by atoms with Gasteiger partial charge in [-0.3, -0.25) is 32.4 Å². The molecular weight excluding hydrogens is 1040 g/mol. The van der Waals surface area contributed by atoms with Crippen molar-refractivity contribution in [1.29, 1.82) is 0 Å². The third kappa shape index (κ3) is 11.4. The van der Waals surface area contributed by atoms with Crippen LogP contribution in [0.25, 0.3) is 0 Å². The zero-order valence-corrected chi connectivity index (χ0v) is 43.8. The molecule has 0 aromatic carbocycles. The quantitative estimate of drug-likeness (QED) is 0.113. The second-order valence-corrected chi connectivity index (χ2v) is 27.4. The molecular formula is C40H64O25S5. The number of ketones is 1. The highest BCUT2D eigenvalue weighted by atomic mass is 32.3. The van der Waals surface area contributed by atoms with Gasteiger partial charge in [-0.1, -0.05) is 47.1 Å². The van der Waals surface area contributed by atoms with Crippen LogP contribution in [-0.4, -0.2) is 137 Å². The van der Waals surface area contributed by atoms with Gasteiger partial charge in [-0.15, -0.1) is 0 Å². The number of carbonyl (C=O) groups excluding carboxylic acids is 1. The highest BCUT2D eigenvalue weighted by Gasteiger charge is 2.71. The molecule has 30 heteroatoms. The molecule has 0 aromatic rings. The van der Waals surface area contributed by atoms with Gasteiger partial charge >= 0.3 is 58.0 Å². The average Bonchev–Trinajstić information content (AvgIpc) is 3.15. The molecule has 1 unspecified atom stereocenters. The van der Waals surface area contributed by atoms with Crippen molar-refractivity contribution in [3.8, 4) is 0 Å². The fraction of sp³-hybridized carbons (Fsp3) is 0.900. The van der Waals surface area contributed by atoms with Gasteiger partial charge in [0.25, 0.3) is 0 Å². The zero-order chi connectivity index (χ0) is 53.1. The minimum absolute atomic E-state index is 0.0731. The first-order valence-electron chi connectivity index (χ1n) is 22.5. The standard InChI is InChI=1S/C40H64O25S5/c1-22-29(62-67(47,48)49)31(64-69(53,54)55)30(63-68(50,51)52)26(61-22)19-40(65-70(56,57)58,21-60-66(44,45)46)20-59-28-10-11-37(6)27(34(28,2)3)9-12-39(8)32(37)25(41)17-23-24-18-36(5,33(42)43)14-13-35(24,4)15-16-38(23,39)7/h17,22,24,26-32H,9-16,18-21H2,1-8H3,(H,42,43)(H,44,45,46)(H,47,48,49)(H,50,51,52)(H,53,54,55)(H,56,57,58)/t22-,24-,26-,27-,28-,29+,30+,31+,32+,35+,36+,37-,38+,39+,40?/m0/s1. The maximum absolute atomic E-state index is 14.9. The van der Waals surface area contributed by atoms with E-state index in [9.17, 15) is 79.5 Å². The summed E-state index contributed by atoms with van der Waals surface area (Å²) in [5, 5.41) is 10.3. The first-order chi connectivity index (χ1) is 31.4. The molecule has 6 aliphatic rings. The molecule has 0 spiro atoms. The Morgan fingerprint density at radius 2 is 1.27 bits per heavy atom. The predicted octanol–water partition coefficient (Wildman–Crippen LogP) is 3.56. The van der Waals surface area contributed by atoms with Gasteiger partial charge in [-0.05, 0) is 117 Å². The van der Waals surface area contributed by atoms with E-state index in [-0.39, 0.29) is 29.5 Å². The van der Waals surface area contributed by atoms with E-state index >= 15 is 0 Å². The maximum Gasteiger partial charge on any atom is 0.398 e. The third-order valence-electron chi connectivity index (χ3n) is 17.5. The van der Waals surface area contributed by atoms with Crippen molar-refractivity contribution in [2.45, 2.75) is 162 Å². The SMILES string of the molecule is C[C@@H]1O[C@@H](CC(CO[C@H]2CC[C@]3(C)[C@H]4C(=O)C=C5[C@@H]6C[C@](C)(C(=O)O)CC[C@]6(C)CC[C@@]5(C)[C@]4(C)CC[C@H]3C2(C)C)(COS(=O)(=O)O)OS(=O)(=O)O)[C@@H](OS(=O)(=O)O)[C@H](OS(=O)(=O)O)[C@@H]1OS(=O)(=O)O. The van der Waals surface area contributed by atoms with E-state index in [1.165, 1.54) is 0 Å². The number of carbonyl (C=O) groups is 2. The first-order valence-corrected chi connectivity index (χ1v) is 29.3. The van der Waals surface area contributed by atoms with Crippen molar-refractivity contribution in [2.75, 3.05) is 13.2 Å². The van der Waals surface area contributed by atoms with Crippen LogP contribution in [0.3, 0.4) is 0 Å². The van der Waals surface area contributed by atoms with Crippen molar-refractivity contribution < 1.29 is 110 Å². The molecule has 15 atom stereocenters. The van der Waals surface area contributed by atoms with Crippen molar-refractivity contribution in [3.63, 3.8) is 0 Å². The summed E-state index contributed by atoms with van der Waals surface area (Å²) >= 11 is 0. The molecule has 404 valence electrons. The number of allylic oxidation sites excluding steroid dienone is 2. The molecule has 1 aliphatic heterocycles. The Labute approximate surface area is 408 Å². The summed E-state index contributed by atoms with van der Waals surface area (Å²) in [6.45, 7) is 12.2. The maximum atomic E-state index is 14.9. The summed E-state index contributed by atoms with van der Waals surface area (Å²) in [5.41, 5.74) is -5.83. The average molecular weight is 1110 g/mol. The largest absolute Gasteiger partial charge is 0.481 e. The Morgan fingerprint density at radius 3 is 1.81 bits per heavy atom. The van der Waals surface area contributed by atoms with E-state index in [4.69, 9.17) is 13.7 Å². The van der Waals surface area contributed by atoms with Crippen LogP contribution in [-0.2, 0) is 92.0 Å². The monoisotopic (exact) mass is 1100 g/mol. The Bertz CT molecular complexity index is 2690. The molecule has 1 saturated heterocycles. The first kappa shape index (κ1) is 57.4. The van der Waals surface area contributed by atoms with E-state index in [2.05, 4.69) is 37.5 Å². The summed E-state index contributed by atoms with van der Waals surface area (Å²) < 4.78 is 205. The topological polar surface area (TPSA) is 391 Å². The lowest BCUT2D eigenvalue weighted by atomic mass is 9.33. The summed E-state index contributed by atoms with van der Waals surface area (Å²) in [4.78, 5) is 27.5. The summed E-state index contributed by atoms with van der Waals surface area (Å²) in [6, 6.07) is 0. The normalized spacial score (nSPS) is 41.2. The van der Waals surface area contributed by atoms with Gasteiger partial charge in [0.15, 0.2) is 5.78 Å². The van der Waals surface area contributed by atoms with Gasteiger partial charge in [0.05, 0.1) is 30.3 Å². The number of ether oxygens (including phenoxy) is 2. The van der Waals surface area contributed by atoms with Crippen LogP contribution in [0.1, 0.15) is 120 Å². The zero-order valence-electron chi connectivity index (χ0n) is 39.7.